The first kappa shape index (κ1) is 15.4. The fourth-order valence-corrected chi connectivity index (χ4v) is 0.993. The fourth-order valence-electron chi connectivity index (χ4n) is 0.993. The highest BCUT2D eigenvalue weighted by atomic mass is 16.1. The Morgan fingerprint density at radius 3 is 1.88 bits per heavy atom. The summed E-state index contributed by atoms with van der Waals surface area (Å²) < 4.78 is 0. The third kappa shape index (κ3) is 8.21. The summed E-state index contributed by atoms with van der Waals surface area (Å²) in [6.45, 7) is 10.3. The van der Waals surface area contributed by atoms with E-state index in [-0.39, 0.29) is 0 Å². The van der Waals surface area contributed by atoms with Crippen LogP contribution in [0.4, 0.5) is 0 Å². The van der Waals surface area contributed by atoms with Gasteiger partial charge in [0, 0.05) is 0 Å². The molecule has 0 atom stereocenters. The third-order valence-electron chi connectivity index (χ3n) is 2.43. The van der Waals surface area contributed by atoms with Gasteiger partial charge in [0.2, 0.25) is 0 Å². The Hall–Kier alpha value is -1.63. The Morgan fingerprint density at radius 1 is 0.765 bits per heavy atom. The number of allylic oxidation sites excluding steroid dienone is 10. The highest BCUT2D eigenvalue weighted by Crippen LogP contribution is 2.06. The van der Waals surface area contributed by atoms with Gasteiger partial charge in [-0.15, -0.1) is 0 Å². The van der Waals surface area contributed by atoms with Crippen molar-refractivity contribution in [3.63, 3.8) is 0 Å². The summed E-state index contributed by atoms with van der Waals surface area (Å²) in [6.07, 6.45) is 12.4. The Balaban J connectivity index is 4.53. The second kappa shape index (κ2) is 8.51. The van der Waals surface area contributed by atoms with Crippen LogP contribution in [0.1, 0.15) is 34.6 Å². The number of carbonyl (C=O) groups excluding carboxylic acids is 1. The lowest BCUT2D eigenvalue weighted by molar-refractivity contribution is -0.104. The standard InChI is InChI=1S/C16H22O/c1-13(2)16(5)10-9-14(3)7-6-8-15(4)11-12-17/h6-12H,1-5H3/b8-6?,10-9?,14-7?,15-11-. The normalized spacial score (nSPS) is 13.5. The van der Waals surface area contributed by atoms with Crippen LogP contribution in [0.3, 0.4) is 0 Å². The van der Waals surface area contributed by atoms with E-state index in [1.54, 1.807) is 6.08 Å². The summed E-state index contributed by atoms with van der Waals surface area (Å²) in [4.78, 5) is 10.2. The quantitative estimate of drug-likeness (QED) is 0.385. The molecule has 0 N–H and O–H groups in total. The maximum atomic E-state index is 10.2. The minimum Gasteiger partial charge on any atom is -0.299 e. The maximum absolute atomic E-state index is 10.2. The predicted octanol–water partition coefficient (Wildman–Crippen LogP) is 4.55. The first-order chi connectivity index (χ1) is 7.97. The summed E-state index contributed by atoms with van der Waals surface area (Å²) >= 11 is 0. The molecule has 0 saturated heterocycles. The highest BCUT2D eigenvalue weighted by molar-refractivity contribution is 5.66. The van der Waals surface area contributed by atoms with Crippen LogP contribution in [-0.4, -0.2) is 6.29 Å². The molecule has 0 aromatic heterocycles. The third-order valence-corrected chi connectivity index (χ3v) is 2.43. The van der Waals surface area contributed by atoms with Crippen molar-refractivity contribution in [3.05, 3.63) is 58.7 Å². The second-order valence-corrected chi connectivity index (χ2v) is 4.33. The molecule has 0 aliphatic rings. The molecule has 0 unspecified atom stereocenters. The lowest BCUT2D eigenvalue weighted by Gasteiger charge is -1.95. The molecule has 17 heavy (non-hydrogen) atoms. The summed E-state index contributed by atoms with van der Waals surface area (Å²) in [7, 11) is 0. The van der Waals surface area contributed by atoms with Crippen LogP contribution in [0, 0.1) is 0 Å². The van der Waals surface area contributed by atoms with Crippen LogP contribution >= 0.6 is 0 Å². The Labute approximate surface area is 105 Å². The first-order valence-corrected chi connectivity index (χ1v) is 5.76. The van der Waals surface area contributed by atoms with Crippen LogP contribution in [0.2, 0.25) is 0 Å². The number of hydrogen-bond donors (Lipinski definition) is 0. The smallest absolute Gasteiger partial charge is 0.143 e. The van der Waals surface area contributed by atoms with Crippen molar-refractivity contribution >= 4 is 6.29 Å². The molecular weight excluding hydrogens is 208 g/mol. The van der Waals surface area contributed by atoms with E-state index >= 15 is 0 Å². The highest BCUT2D eigenvalue weighted by Gasteiger charge is 1.85. The minimum absolute atomic E-state index is 0.800. The van der Waals surface area contributed by atoms with Crippen LogP contribution in [0.5, 0.6) is 0 Å². The molecule has 0 aromatic rings. The van der Waals surface area contributed by atoms with Gasteiger partial charge in [-0.25, -0.2) is 0 Å². The van der Waals surface area contributed by atoms with E-state index in [1.165, 1.54) is 16.7 Å². The van der Waals surface area contributed by atoms with E-state index in [2.05, 4.69) is 39.8 Å². The molecule has 0 heterocycles. The maximum Gasteiger partial charge on any atom is 0.143 e. The largest absolute Gasteiger partial charge is 0.299 e. The first-order valence-electron chi connectivity index (χ1n) is 5.76. The Kier molecular flexibility index (Phi) is 7.70. The monoisotopic (exact) mass is 230 g/mol. The molecule has 0 fully saturated rings. The predicted molar refractivity (Wildman–Crippen MR) is 75.9 cm³/mol. The SMILES string of the molecule is CC(C=CC(C)=C(C)C)=CC=C/C(C)=C\C=O. The topological polar surface area (TPSA) is 17.1 Å². The van der Waals surface area contributed by atoms with Gasteiger partial charge in [0.05, 0.1) is 0 Å². The molecule has 0 bridgehead atoms. The fraction of sp³-hybridized carbons (Fsp3) is 0.312. The molecule has 0 aliphatic carbocycles. The van der Waals surface area contributed by atoms with Crippen molar-refractivity contribution in [1.82, 2.24) is 0 Å². The zero-order chi connectivity index (χ0) is 13.3. The average molecular weight is 230 g/mol. The number of aldehydes is 1. The molecule has 1 nitrogen and oxygen atoms in total. The van der Waals surface area contributed by atoms with Crippen LogP contribution in [-0.2, 0) is 4.79 Å². The second-order valence-electron chi connectivity index (χ2n) is 4.33. The number of rotatable bonds is 5. The van der Waals surface area contributed by atoms with Crippen molar-refractivity contribution in [2.45, 2.75) is 34.6 Å². The van der Waals surface area contributed by atoms with Gasteiger partial charge in [-0.1, -0.05) is 47.1 Å². The molecule has 0 amide bonds. The average Bonchev–Trinajstić information content (AvgIpc) is 2.26. The van der Waals surface area contributed by atoms with Crippen LogP contribution in [0.15, 0.2) is 58.7 Å². The minimum atomic E-state index is 0.800. The van der Waals surface area contributed by atoms with Gasteiger partial charge in [-0.3, -0.25) is 4.79 Å². The summed E-state index contributed by atoms with van der Waals surface area (Å²) in [5, 5.41) is 0. The zero-order valence-corrected chi connectivity index (χ0v) is 11.4. The molecular formula is C16H22O. The van der Waals surface area contributed by atoms with E-state index < -0.39 is 0 Å². The molecule has 0 spiro atoms. The van der Waals surface area contributed by atoms with Gasteiger partial charge in [0.15, 0.2) is 0 Å². The van der Waals surface area contributed by atoms with E-state index in [9.17, 15) is 4.79 Å². The summed E-state index contributed by atoms with van der Waals surface area (Å²) in [5.41, 5.74) is 4.75. The van der Waals surface area contributed by atoms with Crippen molar-refractivity contribution in [2.75, 3.05) is 0 Å². The van der Waals surface area contributed by atoms with E-state index in [1.807, 2.05) is 25.2 Å². The molecule has 92 valence electrons. The zero-order valence-electron chi connectivity index (χ0n) is 11.4. The Bertz CT molecular complexity index is 397. The Morgan fingerprint density at radius 2 is 1.35 bits per heavy atom. The van der Waals surface area contributed by atoms with E-state index in [4.69, 9.17) is 0 Å². The summed E-state index contributed by atoms with van der Waals surface area (Å²) in [6, 6.07) is 0. The molecule has 0 aromatic carbocycles. The van der Waals surface area contributed by atoms with E-state index in [0.717, 1.165) is 11.9 Å². The molecule has 1 heteroatoms. The van der Waals surface area contributed by atoms with Crippen LogP contribution in [0.25, 0.3) is 0 Å². The number of hydrogen-bond acceptors (Lipinski definition) is 1. The molecule has 0 saturated carbocycles. The van der Waals surface area contributed by atoms with Gasteiger partial charge in [-0.2, -0.15) is 0 Å². The van der Waals surface area contributed by atoms with Crippen molar-refractivity contribution in [1.29, 1.82) is 0 Å². The van der Waals surface area contributed by atoms with Crippen molar-refractivity contribution < 1.29 is 4.79 Å². The molecule has 0 rings (SSSR count). The number of carbonyl (C=O) groups is 1. The van der Waals surface area contributed by atoms with Gasteiger partial charge >= 0.3 is 0 Å². The van der Waals surface area contributed by atoms with Gasteiger partial charge in [0.1, 0.15) is 6.29 Å². The van der Waals surface area contributed by atoms with Crippen molar-refractivity contribution in [3.8, 4) is 0 Å². The summed E-state index contributed by atoms with van der Waals surface area (Å²) in [5.74, 6) is 0. The van der Waals surface area contributed by atoms with Crippen LogP contribution < -0.4 is 0 Å². The molecule has 0 radical (unpaired) electrons. The van der Waals surface area contributed by atoms with Crippen molar-refractivity contribution in [2.24, 2.45) is 0 Å². The lowest BCUT2D eigenvalue weighted by Crippen LogP contribution is -1.74. The van der Waals surface area contributed by atoms with Gasteiger partial charge in [0.25, 0.3) is 0 Å². The molecule has 0 aliphatic heterocycles. The lowest BCUT2D eigenvalue weighted by atomic mass is 10.1. The van der Waals surface area contributed by atoms with E-state index in [0.29, 0.717) is 0 Å². The van der Waals surface area contributed by atoms with Gasteiger partial charge in [-0.05, 0) is 46.3 Å². The van der Waals surface area contributed by atoms with Gasteiger partial charge < -0.3 is 0 Å².